The zero-order valence-electron chi connectivity index (χ0n) is 36.8. The molecule has 0 unspecified atom stereocenters. The van der Waals surface area contributed by atoms with Crippen molar-refractivity contribution < 1.29 is 71.7 Å². The Hall–Kier alpha value is -4.36. The Kier molecular flexibility index (Phi) is 12.1. The second-order valence-electron chi connectivity index (χ2n) is 19.3. The Morgan fingerprint density at radius 2 is 1.64 bits per heavy atom. The van der Waals surface area contributed by atoms with E-state index in [1.54, 1.807) is 57.2 Å². The van der Waals surface area contributed by atoms with Crippen LogP contribution in [0, 0.1) is 16.7 Å². The number of rotatable bonds is 12. The highest BCUT2D eigenvalue weighted by atomic mass is 19.3. The molecule has 348 valence electrons. The van der Waals surface area contributed by atoms with Gasteiger partial charge in [0.2, 0.25) is 0 Å². The summed E-state index contributed by atoms with van der Waals surface area (Å²) >= 11 is 0. The van der Waals surface area contributed by atoms with E-state index < -0.39 is 113 Å². The van der Waals surface area contributed by atoms with Crippen LogP contribution in [0.3, 0.4) is 0 Å². The molecule has 0 aromatic heterocycles. The van der Waals surface area contributed by atoms with Gasteiger partial charge in [-0.05, 0) is 68.5 Å². The number of esters is 3. The molecule has 2 aromatic carbocycles. The monoisotopic (exact) mass is 896 g/mol. The van der Waals surface area contributed by atoms with E-state index in [1.807, 2.05) is 11.8 Å². The third kappa shape index (κ3) is 7.44. The molecular weight excluding hydrogens is 839 g/mol. The van der Waals surface area contributed by atoms with Crippen molar-refractivity contribution in [3.05, 3.63) is 82.9 Å². The zero-order valence-corrected chi connectivity index (χ0v) is 36.8. The van der Waals surface area contributed by atoms with Crippen molar-refractivity contribution in [2.45, 2.75) is 139 Å². The van der Waals surface area contributed by atoms with E-state index in [4.69, 9.17) is 28.4 Å². The SMILES string of the molecule is CC(=O)O[C@@]12CO[C@@H]1CC[C@@]1(C)[C@@H]3O[C@H](CN4CC[C@H]4CO)O[C@@H]3C3=C(C)[C@@H](OC(=O)[C@](C)(O)[C@@H](NC(=O)c4ccccc4)C(F)F)C[C@@](O)([C@@H](OC(=O)c4ccccc4)[C@@H]12)C3(C)C. The summed E-state index contributed by atoms with van der Waals surface area (Å²) in [4.78, 5) is 57.0. The second-order valence-corrected chi connectivity index (χ2v) is 19.3. The summed E-state index contributed by atoms with van der Waals surface area (Å²) in [6.07, 6.45) is -8.73. The van der Waals surface area contributed by atoms with Crippen molar-refractivity contribution >= 4 is 23.8 Å². The molecule has 5 fully saturated rings. The highest BCUT2D eigenvalue weighted by Crippen LogP contribution is 2.66. The third-order valence-corrected chi connectivity index (χ3v) is 15.3. The quantitative estimate of drug-likeness (QED) is 0.137. The number of nitrogens with one attached hydrogen (secondary N) is 1. The zero-order chi connectivity index (χ0) is 46.1. The average molecular weight is 897 g/mol. The molecule has 1 amide bonds. The van der Waals surface area contributed by atoms with Gasteiger partial charge in [-0.25, -0.2) is 18.4 Å². The van der Waals surface area contributed by atoms with Crippen LogP contribution in [0.15, 0.2) is 71.8 Å². The van der Waals surface area contributed by atoms with Crippen molar-refractivity contribution in [2.75, 3.05) is 26.3 Å². The smallest absolute Gasteiger partial charge is 0.340 e. The Balaban J connectivity index is 1.26. The van der Waals surface area contributed by atoms with Crippen molar-refractivity contribution in [2.24, 2.45) is 16.7 Å². The van der Waals surface area contributed by atoms with Gasteiger partial charge in [-0.1, -0.05) is 57.2 Å². The number of halogens is 2. The van der Waals surface area contributed by atoms with Crippen LogP contribution >= 0.6 is 0 Å². The molecule has 6 aliphatic rings. The minimum Gasteiger partial charge on any atom is -0.456 e. The fraction of sp³-hybridized carbons (Fsp3) is 0.617. The van der Waals surface area contributed by atoms with Gasteiger partial charge < -0.3 is 49.1 Å². The molecule has 64 heavy (non-hydrogen) atoms. The lowest BCUT2D eigenvalue weighted by Crippen LogP contribution is -2.79. The van der Waals surface area contributed by atoms with E-state index in [-0.39, 0.29) is 36.9 Å². The fourth-order valence-electron chi connectivity index (χ4n) is 11.5. The van der Waals surface area contributed by atoms with Crippen LogP contribution < -0.4 is 5.32 Å². The highest BCUT2D eigenvalue weighted by molar-refractivity contribution is 5.95. The third-order valence-electron chi connectivity index (χ3n) is 15.3. The van der Waals surface area contributed by atoms with Gasteiger partial charge in [0.05, 0.1) is 30.8 Å². The molecule has 3 saturated heterocycles. The van der Waals surface area contributed by atoms with Gasteiger partial charge in [0.1, 0.15) is 36.1 Å². The van der Waals surface area contributed by atoms with Gasteiger partial charge >= 0.3 is 17.9 Å². The number of aliphatic hydroxyl groups excluding tert-OH is 1. The first kappa shape index (κ1) is 46.2. The number of likely N-dealkylation sites (tertiary alicyclic amines) is 1. The Labute approximate surface area is 370 Å². The van der Waals surface area contributed by atoms with E-state index in [1.165, 1.54) is 31.2 Å². The number of carbonyl (C=O) groups excluding carboxylic acids is 4. The number of ether oxygens (including phenoxy) is 6. The molecule has 0 radical (unpaired) electrons. The molecule has 8 rings (SSSR count). The summed E-state index contributed by atoms with van der Waals surface area (Å²) in [5, 5.41) is 37.7. The van der Waals surface area contributed by atoms with Crippen LogP contribution in [0.4, 0.5) is 8.78 Å². The van der Waals surface area contributed by atoms with E-state index in [2.05, 4.69) is 5.32 Å². The molecule has 3 heterocycles. The number of alkyl halides is 2. The minimum absolute atomic E-state index is 0.0128. The molecule has 0 spiro atoms. The lowest BCUT2D eigenvalue weighted by atomic mass is 9.45. The molecule has 3 aliphatic carbocycles. The number of fused-ring (bicyclic) bond motifs is 8. The first-order valence-electron chi connectivity index (χ1n) is 21.9. The Bertz CT molecular complexity index is 2150. The Morgan fingerprint density at radius 3 is 2.20 bits per heavy atom. The van der Waals surface area contributed by atoms with Crippen molar-refractivity contribution in [1.82, 2.24) is 10.2 Å². The number of aliphatic hydroxyl groups is 3. The van der Waals surface area contributed by atoms with E-state index in [0.29, 0.717) is 30.5 Å². The van der Waals surface area contributed by atoms with E-state index in [0.717, 1.165) is 13.3 Å². The maximum absolute atomic E-state index is 14.8. The van der Waals surface area contributed by atoms with Crippen molar-refractivity contribution in [1.29, 1.82) is 0 Å². The molecule has 15 nitrogen and oxygen atoms in total. The van der Waals surface area contributed by atoms with Crippen LogP contribution in [0.5, 0.6) is 0 Å². The topological polar surface area (TPSA) is 200 Å². The summed E-state index contributed by atoms with van der Waals surface area (Å²) < 4.78 is 68.6. The average Bonchev–Trinajstić information content (AvgIpc) is 3.65. The van der Waals surface area contributed by atoms with Crippen molar-refractivity contribution in [3.63, 3.8) is 0 Å². The lowest BCUT2D eigenvalue weighted by molar-refractivity contribution is -0.345. The standard InChI is InChI=1S/C47H58F2N2O13/c1-25-30(60-42(56)45(6,57)36(39(48)49)50-40(54)27-13-9-7-10-14-27)21-47(58)38(63-41(55)28-15-11-8-12-16-28)35-44(5,19-17-31-46(35,24-59-31)64-26(2)53)37-34(33(25)43(47,3)4)61-32(62-37)22-51-20-18-29(51)23-52/h7-16,29-32,34-39,52,57-58H,17-24H2,1-6H3,(H,50,54)/t29-,30-,31+,32+,34+,35-,36-,37+,38-,44+,45+,46-,47+/m0/s1. The molecule has 2 saturated carbocycles. The van der Waals surface area contributed by atoms with Crippen LogP contribution in [0.25, 0.3) is 0 Å². The first-order chi connectivity index (χ1) is 30.2. The van der Waals surface area contributed by atoms with Crippen LogP contribution in [-0.2, 0) is 38.0 Å². The first-order valence-corrected chi connectivity index (χ1v) is 21.9. The number of nitrogens with zero attached hydrogens (tertiary/aromatic N) is 1. The van der Waals surface area contributed by atoms with Gasteiger partial charge in [-0.2, -0.15) is 0 Å². The van der Waals surface area contributed by atoms with Crippen LogP contribution in [0.2, 0.25) is 0 Å². The molecule has 3 aliphatic heterocycles. The van der Waals surface area contributed by atoms with Crippen LogP contribution in [0.1, 0.15) is 87.9 Å². The molecule has 2 aromatic rings. The number of carbonyl (C=O) groups is 4. The summed E-state index contributed by atoms with van der Waals surface area (Å²) in [7, 11) is 0. The molecule has 4 N–H and O–H groups in total. The highest BCUT2D eigenvalue weighted by Gasteiger charge is 2.77. The number of amides is 1. The number of hydrogen-bond donors (Lipinski definition) is 4. The summed E-state index contributed by atoms with van der Waals surface area (Å²) in [5.41, 5.74) is -8.19. The van der Waals surface area contributed by atoms with E-state index in [9.17, 15) is 43.3 Å². The summed E-state index contributed by atoms with van der Waals surface area (Å²) in [6.45, 7) is 9.99. The lowest BCUT2D eigenvalue weighted by Gasteiger charge is -2.68. The predicted octanol–water partition coefficient (Wildman–Crippen LogP) is 3.72. The van der Waals surface area contributed by atoms with Gasteiger partial charge in [0.25, 0.3) is 12.3 Å². The number of benzene rings is 2. The maximum atomic E-state index is 14.8. The minimum atomic E-state index is -3.44. The van der Waals surface area contributed by atoms with Gasteiger partial charge in [-0.3, -0.25) is 14.5 Å². The largest absolute Gasteiger partial charge is 0.456 e. The fourth-order valence-corrected chi connectivity index (χ4v) is 11.5. The number of hydrogen-bond acceptors (Lipinski definition) is 14. The summed E-state index contributed by atoms with van der Waals surface area (Å²) in [5.74, 6) is -4.97. The predicted molar refractivity (Wildman–Crippen MR) is 222 cm³/mol. The van der Waals surface area contributed by atoms with Crippen LogP contribution in [-0.4, -0.2) is 142 Å². The van der Waals surface area contributed by atoms with Gasteiger partial charge in [-0.15, -0.1) is 0 Å². The molecule has 13 atom stereocenters. The summed E-state index contributed by atoms with van der Waals surface area (Å²) in [6, 6.07) is 13.1. The molecule has 17 heteroatoms. The maximum Gasteiger partial charge on any atom is 0.340 e. The normalized spacial score (nSPS) is 36.6. The van der Waals surface area contributed by atoms with Gasteiger partial charge in [0.15, 0.2) is 17.5 Å². The van der Waals surface area contributed by atoms with Gasteiger partial charge in [0, 0.05) is 48.9 Å². The molecular formula is C47H58F2N2O13. The van der Waals surface area contributed by atoms with Crippen molar-refractivity contribution in [3.8, 4) is 0 Å². The van der Waals surface area contributed by atoms with E-state index >= 15 is 0 Å². The second kappa shape index (κ2) is 16.8. The molecule has 2 bridgehead atoms. The Morgan fingerprint density at radius 1 is 0.984 bits per heavy atom.